The molecule has 0 heterocycles. The second-order valence-electron chi connectivity index (χ2n) is 8.89. The largest absolute Gasteiger partial charge is 0.375 e. The van der Waals surface area contributed by atoms with Crippen LogP contribution in [-0.4, -0.2) is 56.0 Å². The molecule has 1 amide bonds. The van der Waals surface area contributed by atoms with E-state index in [9.17, 15) is 4.79 Å². The smallest absolute Gasteiger partial charge is 0.242 e. The Hall–Kier alpha value is -3.03. The van der Waals surface area contributed by atoms with E-state index in [1.54, 1.807) is 4.90 Å². The van der Waals surface area contributed by atoms with Crippen molar-refractivity contribution in [3.8, 4) is 0 Å². The van der Waals surface area contributed by atoms with Crippen molar-refractivity contribution in [2.24, 2.45) is 5.73 Å². The topological polar surface area (TPSA) is 74.0 Å². The first-order valence-corrected chi connectivity index (χ1v) is 13.1. The van der Waals surface area contributed by atoms with Crippen LogP contribution in [0, 0.1) is 0 Å². The van der Waals surface area contributed by atoms with Crippen LogP contribution in [0.25, 0.3) is 0 Å². The summed E-state index contributed by atoms with van der Waals surface area (Å²) in [6, 6.07) is 29.9. The minimum atomic E-state index is -0.778. The molecule has 0 radical (unpaired) electrons. The zero-order valence-electron chi connectivity index (χ0n) is 22.0. The number of nitrogens with two attached hydrogens (primary N) is 1. The van der Waals surface area contributed by atoms with E-state index in [0.717, 1.165) is 12.0 Å². The number of ether oxygens (including phenoxy) is 3. The highest BCUT2D eigenvalue weighted by Crippen LogP contribution is 2.28. The Kier molecular flexibility index (Phi) is 12.3. The van der Waals surface area contributed by atoms with E-state index in [4.69, 9.17) is 19.9 Å². The van der Waals surface area contributed by atoms with E-state index in [-0.39, 0.29) is 18.4 Å². The number of amides is 1. The van der Waals surface area contributed by atoms with Crippen LogP contribution in [0.4, 0.5) is 0 Å². The second kappa shape index (κ2) is 15.9. The monoisotopic (exact) mass is 504 g/mol. The van der Waals surface area contributed by atoms with Gasteiger partial charge in [0.1, 0.15) is 6.04 Å². The Bertz CT molecular complexity index is 972. The highest BCUT2D eigenvalue weighted by molar-refractivity contribution is 5.81. The highest BCUT2D eigenvalue weighted by Gasteiger charge is 2.26. The Labute approximate surface area is 221 Å². The molecule has 0 fully saturated rings. The minimum absolute atomic E-state index is 0.138. The van der Waals surface area contributed by atoms with Gasteiger partial charge in [-0.15, -0.1) is 0 Å². The maximum absolute atomic E-state index is 13.5. The second-order valence-corrected chi connectivity index (χ2v) is 8.89. The molecule has 0 aliphatic rings. The molecule has 0 saturated carbocycles. The summed E-state index contributed by atoms with van der Waals surface area (Å²) in [5.74, 6) is -0.0294. The summed E-state index contributed by atoms with van der Waals surface area (Å²) < 4.78 is 17.3. The summed E-state index contributed by atoms with van der Waals surface area (Å²) in [4.78, 5) is 15.3. The fraction of sp³-hybridized carbons (Fsp3) is 0.387. The quantitative estimate of drug-likeness (QED) is 0.279. The van der Waals surface area contributed by atoms with Gasteiger partial charge in [-0.3, -0.25) is 4.79 Å². The summed E-state index contributed by atoms with van der Waals surface area (Å²) in [5, 5.41) is 0. The van der Waals surface area contributed by atoms with Crippen molar-refractivity contribution in [1.82, 2.24) is 4.90 Å². The van der Waals surface area contributed by atoms with Crippen LogP contribution in [0.5, 0.6) is 0 Å². The molecule has 3 aromatic carbocycles. The molecule has 3 aromatic rings. The molecule has 0 saturated heterocycles. The van der Waals surface area contributed by atoms with Crippen molar-refractivity contribution in [2.75, 3.05) is 32.9 Å². The van der Waals surface area contributed by atoms with Gasteiger partial charge in [-0.05, 0) is 37.0 Å². The van der Waals surface area contributed by atoms with Crippen LogP contribution < -0.4 is 5.73 Å². The Morgan fingerprint density at radius 2 is 1.32 bits per heavy atom. The van der Waals surface area contributed by atoms with E-state index >= 15 is 0 Å². The minimum Gasteiger partial charge on any atom is -0.375 e. The summed E-state index contributed by atoms with van der Waals surface area (Å²) in [6.07, 6.45) is 0.228. The van der Waals surface area contributed by atoms with Crippen LogP contribution in [0.15, 0.2) is 91.0 Å². The Morgan fingerprint density at radius 1 is 0.811 bits per heavy atom. The third-order valence-electron chi connectivity index (χ3n) is 6.20. The van der Waals surface area contributed by atoms with Crippen molar-refractivity contribution >= 4 is 5.91 Å². The van der Waals surface area contributed by atoms with Crippen molar-refractivity contribution < 1.29 is 19.0 Å². The number of hydrogen-bond donors (Lipinski definition) is 1. The lowest BCUT2D eigenvalue weighted by atomic mass is 9.88. The third kappa shape index (κ3) is 9.41. The predicted molar refractivity (Wildman–Crippen MR) is 147 cm³/mol. The van der Waals surface area contributed by atoms with E-state index in [1.165, 1.54) is 11.1 Å². The molecule has 0 aromatic heterocycles. The third-order valence-corrected chi connectivity index (χ3v) is 6.20. The van der Waals surface area contributed by atoms with Crippen molar-refractivity contribution in [3.63, 3.8) is 0 Å². The van der Waals surface area contributed by atoms with Crippen LogP contribution in [-0.2, 0) is 25.6 Å². The molecule has 2 N–H and O–H groups in total. The average Bonchev–Trinajstić information content (AvgIpc) is 2.94. The molecular formula is C31H40N2O4. The molecule has 0 aliphatic carbocycles. The van der Waals surface area contributed by atoms with Gasteiger partial charge in [0.2, 0.25) is 5.91 Å². The van der Waals surface area contributed by atoms with Gasteiger partial charge in [0.15, 0.2) is 6.29 Å². The van der Waals surface area contributed by atoms with Crippen molar-refractivity contribution in [3.05, 3.63) is 108 Å². The first kappa shape index (κ1) is 28.5. The first-order chi connectivity index (χ1) is 18.1. The number of carbonyl (C=O) groups is 1. The van der Waals surface area contributed by atoms with E-state index in [0.29, 0.717) is 32.9 Å². The predicted octanol–water partition coefficient (Wildman–Crippen LogP) is 4.98. The van der Waals surface area contributed by atoms with E-state index in [1.807, 2.05) is 80.6 Å². The van der Waals surface area contributed by atoms with Gasteiger partial charge in [-0.1, -0.05) is 91.0 Å². The summed E-state index contributed by atoms with van der Waals surface area (Å²) >= 11 is 0. The fourth-order valence-corrected chi connectivity index (χ4v) is 4.36. The molecule has 3 rings (SSSR count). The molecule has 0 spiro atoms. The standard InChI is InChI=1S/C31H40N2O4/c1-3-36-30(37-4-2)22-33(31(34)29(32)24-35-23-25-14-8-5-9-15-25)21-20-28(26-16-10-6-11-17-26)27-18-12-7-13-19-27/h5-19,28-30H,3-4,20-24,32H2,1-2H3. The van der Waals surface area contributed by atoms with Crippen LogP contribution >= 0.6 is 0 Å². The van der Waals surface area contributed by atoms with Gasteiger partial charge >= 0.3 is 0 Å². The highest BCUT2D eigenvalue weighted by atomic mass is 16.7. The zero-order chi connectivity index (χ0) is 26.3. The summed E-state index contributed by atoms with van der Waals surface area (Å²) in [7, 11) is 0. The van der Waals surface area contributed by atoms with Crippen LogP contribution in [0.3, 0.4) is 0 Å². The van der Waals surface area contributed by atoms with Crippen LogP contribution in [0.2, 0.25) is 0 Å². The maximum Gasteiger partial charge on any atom is 0.242 e. The molecular weight excluding hydrogens is 464 g/mol. The van der Waals surface area contributed by atoms with Gasteiger partial charge < -0.3 is 24.8 Å². The van der Waals surface area contributed by atoms with E-state index < -0.39 is 12.3 Å². The maximum atomic E-state index is 13.5. The zero-order valence-corrected chi connectivity index (χ0v) is 22.0. The van der Waals surface area contributed by atoms with Gasteiger partial charge in [0, 0.05) is 25.7 Å². The molecule has 1 atom stereocenters. The normalized spacial score (nSPS) is 12.1. The van der Waals surface area contributed by atoms with Crippen molar-refractivity contribution in [1.29, 1.82) is 0 Å². The molecule has 6 heteroatoms. The number of nitrogens with zero attached hydrogens (tertiary/aromatic N) is 1. The number of benzene rings is 3. The fourth-order valence-electron chi connectivity index (χ4n) is 4.36. The molecule has 198 valence electrons. The molecule has 0 aliphatic heterocycles. The first-order valence-electron chi connectivity index (χ1n) is 13.1. The lowest BCUT2D eigenvalue weighted by Crippen LogP contribution is -2.50. The SMILES string of the molecule is CCOC(CN(CCC(c1ccccc1)c1ccccc1)C(=O)C(N)COCc1ccccc1)OCC. The molecule has 37 heavy (non-hydrogen) atoms. The Morgan fingerprint density at radius 3 is 1.84 bits per heavy atom. The average molecular weight is 505 g/mol. The molecule has 6 nitrogen and oxygen atoms in total. The van der Waals surface area contributed by atoms with E-state index in [2.05, 4.69) is 24.3 Å². The summed E-state index contributed by atoms with van der Waals surface area (Å²) in [6.45, 7) is 6.19. The summed E-state index contributed by atoms with van der Waals surface area (Å²) in [5.41, 5.74) is 9.80. The van der Waals surface area contributed by atoms with Gasteiger partial charge in [-0.2, -0.15) is 0 Å². The van der Waals surface area contributed by atoms with Gasteiger partial charge in [0.05, 0.1) is 19.8 Å². The molecule has 1 unspecified atom stereocenters. The lowest BCUT2D eigenvalue weighted by Gasteiger charge is -2.31. The Balaban J connectivity index is 1.72. The number of hydrogen-bond acceptors (Lipinski definition) is 5. The lowest BCUT2D eigenvalue weighted by molar-refractivity contribution is -0.160. The van der Waals surface area contributed by atoms with Crippen molar-refractivity contribution in [2.45, 2.75) is 45.1 Å². The number of carbonyl (C=O) groups excluding carboxylic acids is 1. The van der Waals surface area contributed by atoms with Gasteiger partial charge in [0.25, 0.3) is 0 Å². The van der Waals surface area contributed by atoms with Gasteiger partial charge in [-0.25, -0.2) is 0 Å². The number of rotatable bonds is 16. The van der Waals surface area contributed by atoms with Crippen LogP contribution in [0.1, 0.15) is 42.9 Å². The molecule has 0 bridgehead atoms.